The smallest absolute Gasteiger partial charge is 0.258 e. The summed E-state index contributed by atoms with van der Waals surface area (Å²) in [5.74, 6) is 1.42. The summed E-state index contributed by atoms with van der Waals surface area (Å²) in [5, 5.41) is 10.7. The van der Waals surface area contributed by atoms with E-state index in [2.05, 4.69) is 11.9 Å². The fourth-order valence-electron chi connectivity index (χ4n) is 3.38. The standard InChI is InChI=1S/C19H23N3O2/c1-2-3-4-5-14-6-11-18-16(12-14)13-20-19(21-18)15-7-9-17(10-8-15)22(23)24/h7-10,13-14H,2-6,11-12H2,1H3. The van der Waals surface area contributed by atoms with E-state index in [-0.39, 0.29) is 5.69 Å². The Morgan fingerprint density at radius 2 is 2.04 bits per heavy atom. The molecule has 0 saturated carbocycles. The van der Waals surface area contributed by atoms with Gasteiger partial charge in [0.05, 0.1) is 4.92 Å². The Balaban J connectivity index is 1.72. The number of rotatable bonds is 6. The van der Waals surface area contributed by atoms with Gasteiger partial charge in [0.15, 0.2) is 5.82 Å². The molecule has 0 fully saturated rings. The van der Waals surface area contributed by atoms with Crippen LogP contribution in [0, 0.1) is 16.0 Å². The molecule has 1 aromatic carbocycles. The molecule has 1 aromatic heterocycles. The number of nitro benzene ring substituents is 1. The number of non-ortho nitro benzene ring substituents is 1. The van der Waals surface area contributed by atoms with E-state index < -0.39 is 4.92 Å². The molecule has 0 aliphatic heterocycles. The van der Waals surface area contributed by atoms with Gasteiger partial charge in [0.2, 0.25) is 0 Å². The van der Waals surface area contributed by atoms with Crippen molar-refractivity contribution < 1.29 is 4.92 Å². The van der Waals surface area contributed by atoms with E-state index in [9.17, 15) is 10.1 Å². The van der Waals surface area contributed by atoms with Crippen LogP contribution in [0.25, 0.3) is 11.4 Å². The van der Waals surface area contributed by atoms with Gasteiger partial charge in [0.25, 0.3) is 5.69 Å². The molecule has 2 aromatic rings. The number of hydrogen-bond acceptors (Lipinski definition) is 4. The molecular formula is C19H23N3O2. The van der Waals surface area contributed by atoms with Gasteiger partial charge in [0.1, 0.15) is 0 Å². The van der Waals surface area contributed by atoms with Crippen molar-refractivity contribution in [2.24, 2.45) is 5.92 Å². The minimum Gasteiger partial charge on any atom is -0.258 e. The molecule has 0 bridgehead atoms. The molecule has 1 unspecified atom stereocenters. The van der Waals surface area contributed by atoms with E-state index in [1.807, 2.05) is 6.20 Å². The zero-order valence-corrected chi connectivity index (χ0v) is 14.1. The summed E-state index contributed by atoms with van der Waals surface area (Å²) in [7, 11) is 0. The summed E-state index contributed by atoms with van der Waals surface area (Å²) in [6.45, 7) is 2.24. The molecule has 0 N–H and O–H groups in total. The van der Waals surface area contributed by atoms with Crippen LogP contribution in [0.1, 0.15) is 50.3 Å². The molecule has 0 radical (unpaired) electrons. The van der Waals surface area contributed by atoms with Crippen LogP contribution < -0.4 is 0 Å². The minimum atomic E-state index is -0.393. The van der Waals surface area contributed by atoms with Crippen LogP contribution in [-0.2, 0) is 12.8 Å². The van der Waals surface area contributed by atoms with Crippen LogP contribution in [0.5, 0.6) is 0 Å². The predicted molar refractivity (Wildman–Crippen MR) is 93.8 cm³/mol. The van der Waals surface area contributed by atoms with Crippen LogP contribution in [0.15, 0.2) is 30.5 Å². The molecule has 0 spiro atoms. The normalized spacial score (nSPS) is 16.6. The highest BCUT2D eigenvalue weighted by Crippen LogP contribution is 2.29. The molecule has 0 amide bonds. The van der Waals surface area contributed by atoms with Gasteiger partial charge in [-0.25, -0.2) is 9.97 Å². The number of aromatic nitrogens is 2. The fraction of sp³-hybridized carbons (Fsp3) is 0.474. The number of aryl methyl sites for hydroxylation is 1. The first-order valence-corrected chi connectivity index (χ1v) is 8.77. The van der Waals surface area contributed by atoms with Crippen molar-refractivity contribution >= 4 is 5.69 Å². The molecule has 5 heteroatoms. The lowest BCUT2D eigenvalue weighted by atomic mass is 9.84. The van der Waals surface area contributed by atoms with E-state index in [4.69, 9.17) is 4.98 Å². The van der Waals surface area contributed by atoms with Crippen LogP contribution in [0.2, 0.25) is 0 Å². The van der Waals surface area contributed by atoms with Crippen molar-refractivity contribution in [1.82, 2.24) is 9.97 Å². The molecule has 24 heavy (non-hydrogen) atoms. The SMILES string of the molecule is CCCCCC1CCc2nc(-c3ccc([N+](=O)[O-])cc3)ncc2C1. The van der Waals surface area contributed by atoms with Crippen molar-refractivity contribution in [3.63, 3.8) is 0 Å². The zero-order chi connectivity index (χ0) is 16.9. The Bertz CT molecular complexity index is 713. The third-order valence-corrected chi connectivity index (χ3v) is 4.80. The molecule has 126 valence electrons. The highest BCUT2D eigenvalue weighted by Gasteiger charge is 2.20. The number of hydrogen-bond donors (Lipinski definition) is 0. The van der Waals surface area contributed by atoms with Crippen LogP contribution >= 0.6 is 0 Å². The van der Waals surface area contributed by atoms with Gasteiger partial charge < -0.3 is 0 Å². The zero-order valence-electron chi connectivity index (χ0n) is 14.1. The van der Waals surface area contributed by atoms with E-state index >= 15 is 0 Å². The summed E-state index contributed by atoms with van der Waals surface area (Å²) >= 11 is 0. The largest absolute Gasteiger partial charge is 0.269 e. The van der Waals surface area contributed by atoms with Crippen LogP contribution in [-0.4, -0.2) is 14.9 Å². The summed E-state index contributed by atoms with van der Waals surface area (Å²) in [6.07, 6.45) is 10.5. The van der Waals surface area contributed by atoms with Gasteiger partial charge in [-0.05, 0) is 42.9 Å². The van der Waals surface area contributed by atoms with Crippen molar-refractivity contribution in [1.29, 1.82) is 0 Å². The molecule has 1 aliphatic carbocycles. The average molecular weight is 325 g/mol. The van der Waals surface area contributed by atoms with Gasteiger partial charge in [-0.3, -0.25) is 10.1 Å². The quantitative estimate of drug-likeness (QED) is 0.437. The monoisotopic (exact) mass is 325 g/mol. The average Bonchev–Trinajstić information content (AvgIpc) is 2.61. The Hall–Kier alpha value is -2.30. The Morgan fingerprint density at radius 3 is 2.75 bits per heavy atom. The van der Waals surface area contributed by atoms with Crippen LogP contribution in [0.3, 0.4) is 0 Å². The van der Waals surface area contributed by atoms with Gasteiger partial charge >= 0.3 is 0 Å². The molecule has 0 saturated heterocycles. The topological polar surface area (TPSA) is 68.9 Å². The van der Waals surface area contributed by atoms with Gasteiger partial charge in [0, 0.05) is 29.6 Å². The van der Waals surface area contributed by atoms with Gasteiger partial charge in [-0.15, -0.1) is 0 Å². The number of unbranched alkanes of at least 4 members (excludes halogenated alkanes) is 2. The van der Waals surface area contributed by atoms with Crippen molar-refractivity contribution in [2.75, 3.05) is 0 Å². The third kappa shape index (κ3) is 3.78. The first kappa shape index (κ1) is 16.6. The molecule has 1 aliphatic rings. The maximum atomic E-state index is 10.7. The molecule has 5 nitrogen and oxygen atoms in total. The Labute approximate surface area is 142 Å². The number of nitrogens with zero attached hydrogens (tertiary/aromatic N) is 3. The summed E-state index contributed by atoms with van der Waals surface area (Å²) in [6, 6.07) is 6.44. The summed E-state index contributed by atoms with van der Waals surface area (Å²) < 4.78 is 0. The summed E-state index contributed by atoms with van der Waals surface area (Å²) in [5.41, 5.74) is 3.33. The first-order chi connectivity index (χ1) is 11.7. The maximum Gasteiger partial charge on any atom is 0.269 e. The first-order valence-electron chi connectivity index (χ1n) is 8.77. The number of fused-ring (bicyclic) bond motifs is 1. The molecule has 1 atom stereocenters. The lowest BCUT2D eigenvalue weighted by Gasteiger charge is -2.23. The van der Waals surface area contributed by atoms with E-state index in [1.165, 1.54) is 49.8 Å². The van der Waals surface area contributed by atoms with E-state index in [1.54, 1.807) is 12.1 Å². The third-order valence-electron chi connectivity index (χ3n) is 4.80. The highest BCUT2D eigenvalue weighted by atomic mass is 16.6. The second kappa shape index (κ2) is 7.51. The van der Waals surface area contributed by atoms with E-state index in [0.29, 0.717) is 5.82 Å². The maximum absolute atomic E-state index is 10.7. The van der Waals surface area contributed by atoms with Crippen molar-refractivity contribution in [3.05, 3.63) is 51.8 Å². The molecular weight excluding hydrogens is 302 g/mol. The Kier molecular flexibility index (Phi) is 5.18. The lowest BCUT2D eigenvalue weighted by molar-refractivity contribution is -0.384. The van der Waals surface area contributed by atoms with Gasteiger partial charge in [-0.2, -0.15) is 0 Å². The van der Waals surface area contributed by atoms with Crippen molar-refractivity contribution in [3.8, 4) is 11.4 Å². The second-order valence-electron chi connectivity index (χ2n) is 6.57. The lowest BCUT2D eigenvalue weighted by Crippen LogP contribution is -2.16. The molecule has 1 heterocycles. The molecule has 3 rings (SSSR count). The minimum absolute atomic E-state index is 0.0895. The van der Waals surface area contributed by atoms with E-state index in [0.717, 1.165) is 30.0 Å². The number of nitro groups is 1. The number of benzene rings is 1. The Morgan fingerprint density at radius 1 is 1.25 bits per heavy atom. The van der Waals surface area contributed by atoms with Gasteiger partial charge in [-0.1, -0.05) is 32.6 Å². The fourth-order valence-corrected chi connectivity index (χ4v) is 3.38. The summed E-state index contributed by atoms with van der Waals surface area (Å²) in [4.78, 5) is 19.5. The van der Waals surface area contributed by atoms with Crippen molar-refractivity contribution in [2.45, 2.75) is 51.9 Å². The van der Waals surface area contributed by atoms with Crippen LogP contribution in [0.4, 0.5) is 5.69 Å². The predicted octanol–water partition coefficient (Wildman–Crippen LogP) is 4.74. The highest BCUT2D eigenvalue weighted by molar-refractivity contribution is 5.57. The second-order valence-corrected chi connectivity index (χ2v) is 6.57.